The highest BCUT2D eigenvalue weighted by Gasteiger charge is 2.38. The highest BCUT2D eigenvalue weighted by atomic mass is 79.9. The van der Waals surface area contributed by atoms with Gasteiger partial charge in [-0.25, -0.2) is 9.97 Å². The maximum absolute atomic E-state index is 4.42. The van der Waals surface area contributed by atoms with Crippen LogP contribution in [-0.4, -0.2) is 40.5 Å². The van der Waals surface area contributed by atoms with Crippen LogP contribution < -0.4 is 5.32 Å². The number of halogens is 1. The number of rotatable bonds is 3. The van der Waals surface area contributed by atoms with Crippen LogP contribution in [0.3, 0.4) is 0 Å². The third-order valence-corrected chi connectivity index (χ3v) is 4.98. The highest BCUT2D eigenvalue weighted by molar-refractivity contribution is 9.10. The fourth-order valence-corrected chi connectivity index (χ4v) is 4.04. The quantitative estimate of drug-likeness (QED) is 0.868. The van der Waals surface area contributed by atoms with Crippen LogP contribution in [0.2, 0.25) is 0 Å². The van der Waals surface area contributed by atoms with Crippen LogP contribution in [0.4, 0.5) is 5.82 Å². The summed E-state index contributed by atoms with van der Waals surface area (Å²) >= 11 is 3.42. The lowest BCUT2D eigenvalue weighted by Gasteiger charge is -2.36. The van der Waals surface area contributed by atoms with E-state index in [9.17, 15) is 0 Å². The monoisotopic (exact) mass is 324 g/mol. The van der Waals surface area contributed by atoms with E-state index in [1.54, 1.807) is 0 Å². The Balaban J connectivity index is 1.58. The van der Waals surface area contributed by atoms with Gasteiger partial charge in [0.25, 0.3) is 0 Å². The van der Waals surface area contributed by atoms with Gasteiger partial charge in [0.2, 0.25) is 0 Å². The van der Waals surface area contributed by atoms with E-state index in [1.807, 2.05) is 13.0 Å². The number of piperidine rings is 1. The molecule has 2 unspecified atom stereocenters. The van der Waals surface area contributed by atoms with Gasteiger partial charge >= 0.3 is 0 Å². The molecule has 2 atom stereocenters. The van der Waals surface area contributed by atoms with Gasteiger partial charge in [0, 0.05) is 24.7 Å². The molecule has 2 aliphatic rings. The van der Waals surface area contributed by atoms with E-state index in [-0.39, 0.29) is 0 Å². The highest BCUT2D eigenvalue weighted by Crippen LogP contribution is 2.37. The molecule has 1 aromatic rings. The second-order valence-electron chi connectivity index (χ2n) is 5.89. The molecule has 1 N–H and O–H groups in total. The van der Waals surface area contributed by atoms with Gasteiger partial charge in [0.1, 0.15) is 16.2 Å². The molecule has 2 saturated heterocycles. The summed E-state index contributed by atoms with van der Waals surface area (Å²) in [6.45, 7) is 2.95. The van der Waals surface area contributed by atoms with Gasteiger partial charge < -0.3 is 10.2 Å². The zero-order chi connectivity index (χ0) is 13.4. The van der Waals surface area contributed by atoms with Crippen molar-refractivity contribution in [2.45, 2.75) is 44.7 Å². The molecule has 2 bridgehead atoms. The van der Waals surface area contributed by atoms with E-state index in [0.29, 0.717) is 0 Å². The van der Waals surface area contributed by atoms with Crippen molar-refractivity contribution in [1.29, 1.82) is 0 Å². The Hall–Kier alpha value is -0.680. The van der Waals surface area contributed by atoms with Crippen molar-refractivity contribution < 1.29 is 0 Å². The third-order valence-electron chi connectivity index (χ3n) is 4.57. The van der Waals surface area contributed by atoms with Gasteiger partial charge in [-0.15, -0.1) is 0 Å². The van der Waals surface area contributed by atoms with Gasteiger partial charge in [0.15, 0.2) is 0 Å². The van der Waals surface area contributed by atoms with Crippen LogP contribution >= 0.6 is 15.9 Å². The summed E-state index contributed by atoms with van der Waals surface area (Å²) in [5.74, 6) is 2.52. The normalized spacial score (nSPS) is 30.6. The number of anilines is 1. The van der Waals surface area contributed by atoms with Crippen molar-refractivity contribution >= 4 is 21.7 Å². The maximum atomic E-state index is 4.42. The molecule has 2 fully saturated rings. The van der Waals surface area contributed by atoms with Crippen LogP contribution in [0.5, 0.6) is 0 Å². The zero-order valence-corrected chi connectivity index (χ0v) is 13.2. The predicted molar refractivity (Wildman–Crippen MR) is 80.3 cm³/mol. The van der Waals surface area contributed by atoms with Crippen molar-refractivity contribution in [3.63, 3.8) is 0 Å². The Labute approximate surface area is 123 Å². The van der Waals surface area contributed by atoms with Crippen LogP contribution in [0.1, 0.15) is 31.5 Å². The number of hydrogen-bond acceptors (Lipinski definition) is 4. The summed E-state index contributed by atoms with van der Waals surface area (Å²) in [6, 6.07) is 3.57. The first-order chi connectivity index (χ1) is 9.11. The van der Waals surface area contributed by atoms with Crippen LogP contribution in [-0.2, 0) is 0 Å². The molecule has 4 nitrogen and oxygen atoms in total. The molecule has 5 heteroatoms. The lowest BCUT2D eigenvalue weighted by Crippen LogP contribution is -2.41. The number of fused-ring (bicyclic) bond motifs is 2. The minimum atomic E-state index is 0.780. The van der Waals surface area contributed by atoms with Gasteiger partial charge in [-0.1, -0.05) is 0 Å². The van der Waals surface area contributed by atoms with Crippen molar-refractivity contribution in [2.24, 2.45) is 5.92 Å². The van der Waals surface area contributed by atoms with Gasteiger partial charge in [0.05, 0.1) is 0 Å². The molecular formula is C14H21BrN4. The number of nitrogens with zero attached hydrogens (tertiary/aromatic N) is 3. The largest absolute Gasteiger partial charge is 0.370 e. The molecule has 1 aromatic heterocycles. The molecular weight excluding hydrogens is 304 g/mol. The first kappa shape index (κ1) is 13.3. The summed E-state index contributed by atoms with van der Waals surface area (Å²) < 4.78 is 0.853. The lowest BCUT2D eigenvalue weighted by atomic mass is 9.91. The number of aryl methyl sites for hydroxylation is 1. The number of hydrogen-bond donors (Lipinski definition) is 1. The summed E-state index contributed by atoms with van der Waals surface area (Å²) in [5.41, 5.74) is 0. The van der Waals surface area contributed by atoms with Crippen LogP contribution in [0, 0.1) is 12.8 Å². The maximum Gasteiger partial charge on any atom is 0.130 e. The average molecular weight is 325 g/mol. The van der Waals surface area contributed by atoms with Crippen molar-refractivity contribution in [2.75, 3.05) is 18.9 Å². The Morgan fingerprint density at radius 3 is 2.63 bits per heavy atom. The Morgan fingerprint density at radius 1 is 1.32 bits per heavy atom. The summed E-state index contributed by atoms with van der Waals surface area (Å²) in [7, 11) is 2.29. The standard InChI is InChI=1S/C14H21BrN4/c1-9-17-13(15)7-14(18-9)16-8-10-5-11-3-4-12(6-10)19(11)2/h7,10-12H,3-6,8H2,1-2H3,(H,16,17,18). The third kappa shape index (κ3) is 2.92. The molecule has 2 aliphatic heterocycles. The number of aromatic nitrogens is 2. The lowest BCUT2D eigenvalue weighted by molar-refractivity contribution is 0.139. The van der Waals surface area contributed by atoms with Crippen molar-refractivity contribution in [3.8, 4) is 0 Å². The fourth-order valence-electron chi connectivity index (χ4n) is 3.56. The van der Waals surface area contributed by atoms with Gasteiger partial charge in [-0.2, -0.15) is 0 Å². The second kappa shape index (κ2) is 5.37. The van der Waals surface area contributed by atoms with Gasteiger partial charge in [-0.3, -0.25) is 0 Å². The van der Waals surface area contributed by atoms with E-state index < -0.39 is 0 Å². The first-order valence-electron chi connectivity index (χ1n) is 7.09. The second-order valence-corrected chi connectivity index (χ2v) is 6.70. The Kier molecular flexibility index (Phi) is 3.76. The first-order valence-corrected chi connectivity index (χ1v) is 7.88. The van der Waals surface area contributed by atoms with E-state index >= 15 is 0 Å². The SMILES string of the molecule is Cc1nc(Br)cc(NCC2CC3CCC(C2)N3C)n1. The van der Waals surface area contributed by atoms with Crippen LogP contribution in [0.15, 0.2) is 10.7 Å². The minimum Gasteiger partial charge on any atom is -0.370 e. The molecule has 0 amide bonds. The van der Waals surface area contributed by atoms with E-state index in [4.69, 9.17) is 0 Å². The minimum absolute atomic E-state index is 0.780. The number of nitrogens with one attached hydrogen (secondary N) is 1. The summed E-state index contributed by atoms with van der Waals surface area (Å²) in [5, 5.41) is 3.48. The Bertz CT molecular complexity index is 431. The zero-order valence-electron chi connectivity index (χ0n) is 11.6. The summed E-state index contributed by atoms with van der Waals surface area (Å²) in [4.78, 5) is 11.2. The average Bonchev–Trinajstić information content (AvgIpc) is 2.60. The van der Waals surface area contributed by atoms with Crippen molar-refractivity contribution in [1.82, 2.24) is 14.9 Å². The van der Waals surface area contributed by atoms with E-state index in [0.717, 1.165) is 40.8 Å². The molecule has 104 valence electrons. The summed E-state index contributed by atoms with van der Waals surface area (Å²) in [6.07, 6.45) is 5.42. The molecule has 0 spiro atoms. The van der Waals surface area contributed by atoms with Crippen LogP contribution in [0.25, 0.3) is 0 Å². The molecule has 0 aromatic carbocycles. The van der Waals surface area contributed by atoms with Gasteiger partial charge in [-0.05, 0) is 61.5 Å². The van der Waals surface area contributed by atoms with E-state index in [2.05, 4.69) is 43.2 Å². The molecule has 3 heterocycles. The fraction of sp³-hybridized carbons (Fsp3) is 0.714. The predicted octanol–water partition coefficient (Wildman–Crippen LogP) is 2.83. The molecule has 0 aliphatic carbocycles. The smallest absolute Gasteiger partial charge is 0.130 e. The molecule has 19 heavy (non-hydrogen) atoms. The molecule has 3 rings (SSSR count). The topological polar surface area (TPSA) is 41.1 Å². The molecule has 0 radical (unpaired) electrons. The van der Waals surface area contributed by atoms with Crippen molar-refractivity contribution in [3.05, 3.63) is 16.5 Å². The van der Waals surface area contributed by atoms with E-state index in [1.165, 1.54) is 25.7 Å². The molecule has 0 saturated carbocycles. The Morgan fingerprint density at radius 2 is 2.00 bits per heavy atom.